The molecule has 0 bridgehead atoms. The molecule has 0 spiro atoms. The number of hydrogen-bond donors (Lipinski definition) is 1. The normalized spacial score (nSPS) is 20.2. The van der Waals surface area contributed by atoms with Crippen molar-refractivity contribution < 1.29 is 32.2 Å². The van der Waals surface area contributed by atoms with E-state index in [2.05, 4.69) is 17.2 Å². The number of carbonyl (C=O) groups is 2. The third-order valence-corrected chi connectivity index (χ3v) is 8.36. The van der Waals surface area contributed by atoms with Crippen molar-refractivity contribution in [2.75, 3.05) is 26.8 Å². The molecule has 2 rings (SSSR count). The van der Waals surface area contributed by atoms with Crippen LogP contribution in [0.15, 0.2) is 29.2 Å². The molecule has 1 aromatic carbocycles. The molecule has 1 aliphatic rings. The highest BCUT2D eigenvalue weighted by Crippen LogP contribution is 2.43. The number of methoxy groups -OCH3 is 1. The average molecular weight is 527 g/mol. The Bertz CT molecular complexity index is 1090. The summed E-state index contributed by atoms with van der Waals surface area (Å²) < 4.78 is 44.0. The molecule has 0 aliphatic carbocycles. The van der Waals surface area contributed by atoms with E-state index in [0.29, 0.717) is 0 Å². The zero-order chi connectivity index (χ0) is 26.4. The first-order chi connectivity index (χ1) is 16.2. The highest BCUT2D eigenvalue weighted by Gasteiger charge is 2.52. The van der Waals surface area contributed by atoms with Crippen LogP contribution < -0.4 is 10.1 Å². The fourth-order valence-electron chi connectivity index (χ4n) is 3.65. The standard InChI is InChI=1S/C24H34N2O7S2/c1-8-9-14-32-18-12-10-11-13-19(18)35(29,30)26-16-17(15-25-22(28)33-23(2,3)4)34-24(5,6)20(26)21(27)31-7/h10-13,17,20H,14-16H2,1-7H3,(H,25,28)/t17-,20-/m0/s1. The third-order valence-electron chi connectivity index (χ3n) is 5.01. The molecule has 2 atom stereocenters. The van der Waals surface area contributed by atoms with Crippen LogP contribution in [0.3, 0.4) is 0 Å². The zero-order valence-electron chi connectivity index (χ0n) is 21.2. The molecule has 1 aromatic rings. The number of nitrogens with zero attached hydrogens (tertiary/aromatic N) is 1. The van der Waals surface area contributed by atoms with E-state index in [1.165, 1.54) is 24.9 Å². The summed E-state index contributed by atoms with van der Waals surface area (Å²) >= 11 is 1.41. The Morgan fingerprint density at radius 3 is 2.51 bits per heavy atom. The van der Waals surface area contributed by atoms with Crippen LogP contribution >= 0.6 is 11.8 Å². The minimum atomic E-state index is -4.20. The summed E-state index contributed by atoms with van der Waals surface area (Å²) in [7, 11) is -2.98. The van der Waals surface area contributed by atoms with E-state index < -0.39 is 38.5 Å². The summed E-state index contributed by atoms with van der Waals surface area (Å²) in [6.07, 6.45) is -0.601. The number of ether oxygens (including phenoxy) is 3. The van der Waals surface area contributed by atoms with Gasteiger partial charge in [-0.25, -0.2) is 13.2 Å². The molecule has 0 unspecified atom stereocenters. The SMILES string of the molecule is CC#CCOc1ccccc1S(=O)(=O)N1C[C@H](CNC(=O)OC(C)(C)C)SC(C)(C)[C@@H]1C(=O)OC. The molecule has 35 heavy (non-hydrogen) atoms. The molecule has 194 valence electrons. The van der Waals surface area contributed by atoms with Gasteiger partial charge in [-0.3, -0.25) is 4.79 Å². The molecular weight excluding hydrogens is 492 g/mol. The number of rotatable bonds is 7. The van der Waals surface area contributed by atoms with Gasteiger partial charge in [0.05, 0.1) is 7.11 Å². The van der Waals surface area contributed by atoms with Gasteiger partial charge in [0.15, 0.2) is 0 Å². The highest BCUT2D eigenvalue weighted by atomic mass is 32.2. The molecule has 9 nitrogen and oxygen atoms in total. The van der Waals surface area contributed by atoms with E-state index in [1.54, 1.807) is 59.7 Å². The van der Waals surface area contributed by atoms with Crippen LogP contribution in [0.2, 0.25) is 0 Å². The molecule has 1 heterocycles. The van der Waals surface area contributed by atoms with Gasteiger partial charge in [-0.1, -0.05) is 18.1 Å². The van der Waals surface area contributed by atoms with Crippen LogP contribution in [-0.4, -0.2) is 73.2 Å². The maximum absolute atomic E-state index is 13.9. The Morgan fingerprint density at radius 1 is 1.26 bits per heavy atom. The second kappa shape index (κ2) is 11.5. The van der Waals surface area contributed by atoms with Crippen LogP contribution in [-0.2, 0) is 24.3 Å². The first-order valence-electron chi connectivity index (χ1n) is 11.1. The van der Waals surface area contributed by atoms with Crippen LogP contribution in [0.25, 0.3) is 0 Å². The van der Waals surface area contributed by atoms with E-state index in [9.17, 15) is 18.0 Å². The minimum Gasteiger partial charge on any atom is -0.480 e. The predicted octanol–water partition coefficient (Wildman–Crippen LogP) is 3.04. The van der Waals surface area contributed by atoms with Gasteiger partial charge < -0.3 is 19.5 Å². The number of carbonyl (C=O) groups excluding carboxylic acids is 2. The van der Waals surface area contributed by atoms with Crippen LogP contribution in [0.1, 0.15) is 41.5 Å². The lowest BCUT2D eigenvalue weighted by atomic mass is 10.0. The lowest BCUT2D eigenvalue weighted by Gasteiger charge is -2.46. The van der Waals surface area contributed by atoms with Crippen molar-refractivity contribution >= 4 is 33.8 Å². The third kappa shape index (κ3) is 7.53. The Labute approximate surface area is 212 Å². The lowest BCUT2D eigenvalue weighted by molar-refractivity contribution is -0.146. The van der Waals surface area contributed by atoms with Crippen molar-refractivity contribution in [1.29, 1.82) is 0 Å². The molecule has 1 N–H and O–H groups in total. The first kappa shape index (κ1) is 28.8. The van der Waals surface area contributed by atoms with Gasteiger partial charge in [0.1, 0.15) is 28.9 Å². The number of esters is 1. The molecule has 0 radical (unpaired) electrons. The Balaban J connectivity index is 2.42. The van der Waals surface area contributed by atoms with E-state index in [-0.39, 0.29) is 35.6 Å². The van der Waals surface area contributed by atoms with Crippen LogP contribution in [0, 0.1) is 11.8 Å². The summed E-state index contributed by atoms with van der Waals surface area (Å²) in [5, 5.41) is 2.35. The average Bonchev–Trinajstić information content (AvgIpc) is 2.75. The van der Waals surface area contributed by atoms with Gasteiger partial charge >= 0.3 is 12.1 Å². The summed E-state index contributed by atoms with van der Waals surface area (Å²) in [5.41, 5.74) is -0.666. The first-order valence-corrected chi connectivity index (χ1v) is 13.4. The van der Waals surface area contributed by atoms with Crippen molar-refractivity contribution in [2.45, 2.75) is 68.1 Å². The fourth-order valence-corrected chi connectivity index (χ4v) is 7.31. The van der Waals surface area contributed by atoms with Gasteiger partial charge in [0, 0.05) is 23.1 Å². The van der Waals surface area contributed by atoms with Gasteiger partial charge in [-0.05, 0) is 53.7 Å². The van der Waals surface area contributed by atoms with Gasteiger partial charge in [-0.15, -0.1) is 17.7 Å². The number of sulfonamides is 1. The number of alkyl carbamates (subject to hydrolysis) is 1. The van der Waals surface area contributed by atoms with Gasteiger partial charge in [0.25, 0.3) is 0 Å². The molecule has 0 saturated carbocycles. The lowest BCUT2D eigenvalue weighted by Crippen LogP contribution is -2.62. The quantitative estimate of drug-likeness (QED) is 0.426. The molecule has 1 aliphatic heterocycles. The summed E-state index contributed by atoms with van der Waals surface area (Å²) in [6, 6.07) is 5.13. The van der Waals surface area contributed by atoms with Crippen molar-refractivity contribution in [1.82, 2.24) is 9.62 Å². The van der Waals surface area contributed by atoms with Crippen molar-refractivity contribution in [2.24, 2.45) is 0 Å². The molecular formula is C24H34N2O7S2. The van der Waals surface area contributed by atoms with Crippen LogP contribution in [0.5, 0.6) is 5.75 Å². The van der Waals surface area contributed by atoms with E-state index in [0.717, 1.165) is 4.31 Å². The number of nitrogens with one attached hydrogen (secondary N) is 1. The van der Waals surface area contributed by atoms with Gasteiger partial charge in [-0.2, -0.15) is 4.31 Å². The number of benzene rings is 1. The number of amides is 1. The van der Waals surface area contributed by atoms with Crippen molar-refractivity contribution in [3.8, 4) is 17.6 Å². The summed E-state index contributed by atoms with van der Waals surface area (Å²) in [4.78, 5) is 24.9. The smallest absolute Gasteiger partial charge is 0.407 e. The maximum Gasteiger partial charge on any atom is 0.407 e. The Morgan fingerprint density at radius 2 is 1.91 bits per heavy atom. The molecule has 0 aromatic heterocycles. The monoisotopic (exact) mass is 526 g/mol. The Kier molecular flexibility index (Phi) is 9.50. The predicted molar refractivity (Wildman–Crippen MR) is 135 cm³/mol. The molecule has 1 fully saturated rings. The topological polar surface area (TPSA) is 111 Å². The van der Waals surface area contributed by atoms with E-state index >= 15 is 0 Å². The maximum atomic E-state index is 13.9. The zero-order valence-corrected chi connectivity index (χ0v) is 22.8. The minimum absolute atomic E-state index is 0.0211. The van der Waals surface area contributed by atoms with E-state index in [4.69, 9.17) is 14.2 Å². The number of hydrogen-bond acceptors (Lipinski definition) is 8. The molecule has 1 saturated heterocycles. The second-order valence-electron chi connectivity index (χ2n) is 9.39. The largest absolute Gasteiger partial charge is 0.480 e. The van der Waals surface area contributed by atoms with E-state index in [1.807, 2.05) is 0 Å². The van der Waals surface area contributed by atoms with Gasteiger partial charge in [0.2, 0.25) is 10.0 Å². The van der Waals surface area contributed by atoms with Crippen LogP contribution in [0.4, 0.5) is 4.79 Å². The number of thioether (sulfide) groups is 1. The summed E-state index contributed by atoms with van der Waals surface area (Å²) in [6.45, 7) is 10.6. The summed E-state index contributed by atoms with van der Waals surface area (Å²) in [5.74, 6) is 4.91. The molecule has 11 heteroatoms. The molecule has 1 amide bonds. The highest BCUT2D eigenvalue weighted by molar-refractivity contribution is 8.01. The number of para-hydroxylation sites is 1. The van der Waals surface area contributed by atoms with Crippen molar-refractivity contribution in [3.05, 3.63) is 24.3 Å². The second-order valence-corrected chi connectivity index (χ2v) is 13.2. The Hall–Kier alpha value is -2.42. The fraction of sp³-hybridized carbons (Fsp3) is 0.583. The van der Waals surface area contributed by atoms with Crippen molar-refractivity contribution in [3.63, 3.8) is 0 Å².